The lowest BCUT2D eigenvalue weighted by Crippen LogP contribution is -2.48. The van der Waals surface area contributed by atoms with Gasteiger partial charge in [-0.05, 0) is 48.4 Å². The lowest BCUT2D eigenvalue weighted by atomic mass is 10.0. The van der Waals surface area contributed by atoms with Gasteiger partial charge < -0.3 is 9.84 Å². The molecule has 1 saturated heterocycles. The molecule has 24 heavy (non-hydrogen) atoms. The molecule has 4 nitrogen and oxygen atoms in total. The first-order valence-electron chi connectivity index (χ1n) is 8.20. The zero-order valence-corrected chi connectivity index (χ0v) is 14.7. The van der Waals surface area contributed by atoms with Gasteiger partial charge in [0.05, 0.1) is 13.1 Å². The number of hydrogen-bond donors (Lipinski definition) is 1. The van der Waals surface area contributed by atoms with Gasteiger partial charge in [0.1, 0.15) is 5.75 Å². The normalized spacial score (nSPS) is 24.0. The number of ether oxygens (including phenoxy) is 1. The van der Waals surface area contributed by atoms with E-state index in [-0.39, 0.29) is 5.75 Å². The smallest absolute Gasteiger partial charge is 0.387 e. The Morgan fingerprint density at radius 3 is 2.67 bits per heavy atom. The molecule has 7 heteroatoms. The van der Waals surface area contributed by atoms with E-state index in [2.05, 4.69) is 23.2 Å². The minimum Gasteiger partial charge on any atom is -0.435 e. The van der Waals surface area contributed by atoms with Crippen molar-refractivity contribution in [1.82, 2.24) is 4.90 Å². The molecule has 1 atom stereocenters. The number of aliphatic hydroxyl groups is 1. The summed E-state index contributed by atoms with van der Waals surface area (Å²) in [6.07, 6.45) is 1.01. The van der Waals surface area contributed by atoms with Crippen molar-refractivity contribution in [2.75, 3.05) is 25.4 Å². The molecule has 0 amide bonds. The molecular formula is C17H23F2N2O2S+. The van der Waals surface area contributed by atoms with Gasteiger partial charge in [-0.1, -0.05) is 13.8 Å². The van der Waals surface area contributed by atoms with Crippen LogP contribution in [0.15, 0.2) is 24.3 Å². The summed E-state index contributed by atoms with van der Waals surface area (Å²) in [6.45, 7) is 3.64. The Hall–Kier alpha value is -1.34. The maximum absolute atomic E-state index is 12.3. The number of fused-ring (bicyclic) bond motifs is 1. The maximum Gasteiger partial charge on any atom is 0.387 e. The predicted molar refractivity (Wildman–Crippen MR) is 90.6 cm³/mol. The number of amidine groups is 1. The zero-order valence-electron chi connectivity index (χ0n) is 13.9. The molecule has 0 aliphatic carbocycles. The Balaban J connectivity index is 1.87. The standard InChI is InChI=1S/C17H23F2N2O2S/c1-12(2)10-20-11-17(22,21-8-3-9-24-16(20)21)13-4-6-14(7-5-13)23-15(18)19/h4-7,12,15,22H,3,8-11H2,1-2H3/q+1/t17-/m1/s1. The van der Waals surface area contributed by atoms with Crippen molar-refractivity contribution in [3.63, 3.8) is 0 Å². The summed E-state index contributed by atoms with van der Waals surface area (Å²) < 4.78 is 31.2. The second kappa shape index (κ2) is 6.88. The topological polar surface area (TPSA) is 35.7 Å². The fourth-order valence-electron chi connectivity index (χ4n) is 3.32. The first-order chi connectivity index (χ1) is 11.4. The summed E-state index contributed by atoms with van der Waals surface area (Å²) >= 11 is 1.78. The minimum absolute atomic E-state index is 0.103. The Labute approximate surface area is 145 Å². The summed E-state index contributed by atoms with van der Waals surface area (Å²) in [5, 5.41) is 12.5. The van der Waals surface area contributed by atoms with Gasteiger partial charge in [-0.2, -0.15) is 8.78 Å². The number of hydrogen-bond acceptors (Lipinski definition) is 4. The van der Waals surface area contributed by atoms with Crippen LogP contribution in [0.25, 0.3) is 0 Å². The van der Waals surface area contributed by atoms with Crippen molar-refractivity contribution in [3.8, 4) is 5.75 Å². The monoisotopic (exact) mass is 357 g/mol. The van der Waals surface area contributed by atoms with Crippen LogP contribution in [0.4, 0.5) is 8.78 Å². The third-order valence-corrected chi connectivity index (χ3v) is 5.47. The molecule has 0 radical (unpaired) electrons. The number of thioether (sulfide) groups is 1. The molecule has 0 aromatic heterocycles. The van der Waals surface area contributed by atoms with E-state index in [4.69, 9.17) is 0 Å². The first kappa shape index (κ1) is 17.5. The second-order valence-electron chi connectivity index (χ2n) is 6.63. The van der Waals surface area contributed by atoms with Crippen LogP contribution in [-0.2, 0) is 5.72 Å². The molecule has 2 heterocycles. The van der Waals surface area contributed by atoms with Crippen LogP contribution in [0.3, 0.4) is 0 Å². The van der Waals surface area contributed by atoms with Crippen molar-refractivity contribution in [2.24, 2.45) is 5.92 Å². The molecule has 1 N–H and O–H groups in total. The third kappa shape index (κ3) is 3.37. The Bertz CT molecular complexity index is 622. The van der Waals surface area contributed by atoms with Gasteiger partial charge in [-0.25, -0.2) is 9.48 Å². The minimum atomic E-state index is -2.84. The molecule has 0 bridgehead atoms. The lowest BCUT2D eigenvalue weighted by Gasteiger charge is -2.30. The average molecular weight is 357 g/mol. The molecule has 2 aliphatic heterocycles. The molecule has 132 valence electrons. The predicted octanol–water partition coefficient (Wildman–Crippen LogP) is 2.91. The van der Waals surface area contributed by atoms with Gasteiger partial charge in [-0.15, -0.1) is 0 Å². The molecule has 1 aromatic carbocycles. The van der Waals surface area contributed by atoms with E-state index in [1.54, 1.807) is 23.9 Å². The fraction of sp³-hybridized carbons (Fsp3) is 0.588. The SMILES string of the molecule is CC(C)C[N+]1=C2SCCCN2[C@](O)(c2ccc(OC(F)F)cc2)C1. The first-order valence-corrected chi connectivity index (χ1v) is 9.19. The Morgan fingerprint density at radius 2 is 2.04 bits per heavy atom. The fourth-order valence-corrected chi connectivity index (χ4v) is 4.49. The molecule has 0 saturated carbocycles. The number of benzene rings is 1. The van der Waals surface area contributed by atoms with E-state index in [1.807, 2.05) is 4.90 Å². The summed E-state index contributed by atoms with van der Waals surface area (Å²) in [4.78, 5) is 2.05. The number of β-amino-alcohol motifs (C(OH)–C–C–N with tert-alkyl or cyclic N) is 1. The van der Waals surface area contributed by atoms with Crippen molar-refractivity contribution >= 4 is 16.9 Å². The zero-order chi connectivity index (χ0) is 17.3. The van der Waals surface area contributed by atoms with Crippen LogP contribution in [-0.4, -0.2) is 51.7 Å². The van der Waals surface area contributed by atoms with E-state index in [9.17, 15) is 13.9 Å². The lowest BCUT2D eigenvalue weighted by molar-refractivity contribution is -0.537. The third-order valence-electron chi connectivity index (χ3n) is 4.24. The van der Waals surface area contributed by atoms with Gasteiger partial charge >= 0.3 is 11.8 Å². The van der Waals surface area contributed by atoms with Crippen LogP contribution in [0.5, 0.6) is 5.75 Å². The van der Waals surface area contributed by atoms with E-state index in [1.165, 1.54) is 12.1 Å². The molecule has 1 fully saturated rings. The quantitative estimate of drug-likeness (QED) is 0.822. The van der Waals surface area contributed by atoms with Crippen LogP contribution < -0.4 is 4.74 Å². The Morgan fingerprint density at radius 1 is 1.33 bits per heavy atom. The average Bonchev–Trinajstić information content (AvgIpc) is 2.81. The van der Waals surface area contributed by atoms with Gasteiger partial charge in [0, 0.05) is 11.3 Å². The van der Waals surface area contributed by atoms with Crippen LogP contribution in [0, 0.1) is 5.92 Å². The molecule has 3 rings (SSSR count). The van der Waals surface area contributed by atoms with E-state index in [0.29, 0.717) is 18.0 Å². The van der Waals surface area contributed by atoms with Gasteiger partial charge in [-0.3, -0.25) is 0 Å². The van der Waals surface area contributed by atoms with Crippen LogP contribution in [0.2, 0.25) is 0 Å². The maximum atomic E-state index is 12.3. The van der Waals surface area contributed by atoms with Crippen molar-refractivity contribution in [2.45, 2.75) is 32.6 Å². The van der Waals surface area contributed by atoms with Crippen molar-refractivity contribution in [1.29, 1.82) is 0 Å². The van der Waals surface area contributed by atoms with Gasteiger partial charge in [0.15, 0.2) is 6.54 Å². The largest absolute Gasteiger partial charge is 0.435 e. The van der Waals surface area contributed by atoms with Gasteiger partial charge in [0.25, 0.3) is 5.72 Å². The van der Waals surface area contributed by atoms with E-state index < -0.39 is 12.3 Å². The number of nitrogens with zero attached hydrogens (tertiary/aromatic N) is 2. The number of rotatable bonds is 5. The highest BCUT2D eigenvalue weighted by molar-refractivity contribution is 8.13. The van der Waals surface area contributed by atoms with Crippen LogP contribution in [0.1, 0.15) is 25.8 Å². The molecule has 2 aliphatic rings. The number of alkyl halides is 2. The Kier molecular flexibility index (Phi) is 5.01. The summed E-state index contributed by atoms with van der Waals surface area (Å²) in [5.74, 6) is 1.65. The van der Waals surface area contributed by atoms with Crippen molar-refractivity contribution < 1.29 is 23.2 Å². The molecule has 0 spiro atoms. The summed E-state index contributed by atoms with van der Waals surface area (Å²) in [7, 11) is 0. The van der Waals surface area contributed by atoms with Crippen LogP contribution >= 0.6 is 11.8 Å². The molecule has 0 unspecified atom stereocenters. The second-order valence-corrected chi connectivity index (χ2v) is 7.69. The highest BCUT2D eigenvalue weighted by Gasteiger charge is 2.54. The van der Waals surface area contributed by atoms with Crippen molar-refractivity contribution in [3.05, 3.63) is 29.8 Å². The highest BCUT2D eigenvalue weighted by Crippen LogP contribution is 2.37. The van der Waals surface area contributed by atoms with E-state index in [0.717, 1.165) is 30.4 Å². The molecule has 1 aromatic rings. The number of halogens is 2. The summed E-state index contributed by atoms with van der Waals surface area (Å²) in [6, 6.07) is 6.32. The highest BCUT2D eigenvalue weighted by atomic mass is 32.2. The molecular weight excluding hydrogens is 334 g/mol. The van der Waals surface area contributed by atoms with E-state index >= 15 is 0 Å². The summed E-state index contributed by atoms with van der Waals surface area (Å²) in [5.41, 5.74) is -0.420. The van der Waals surface area contributed by atoms with Gasteiger partial charge in [0.2, 0.25) is 0 Å².